The molecule has 1 amide bonds. The van der Waals surface area contributed by atoms with Crippen LogP contribution >= 0.6 is 0 Å². The summed E-state index contributed by atoms with van der Waals surface area (Å²) in [6.45, 7) is 6.86. The first-order valence-electron chi connectivity index (χ1n) is 7.69. The summed E-state index contributed by atoms with van der Waals surface area (Å²) in [4.78, 5) is 18.3. The highest BCUT2D eigenvalue weighted by atomic mass is 16.2. The molecule has 4 nitrogen and oxygen atoms in total. The van der Waals surface area contributed by atoms with E-state index in [0.717, 1.165) is 50.2 Å². The largest absolute Gasteiger partial charge is 0.370 e. The fraction of sp³-hybridized carbons (Fsp3) is 0.625. The third kappa shape index (κ3) is 3.95. The molecule has 2 heterocycles. The number of anilines is 1. The number of nitrogens with zero attached hydrogens (tertiary/aromatic N) is 2. The maximum atomic E-state index is 12.0. The van der Waals surface area contributed by atoms with Gasteiger partial charge in [0, 0.05) is 32.3 Å². The van der Waals surface area contributed by atoms with Crippen molar-refractivity contribution in [2.45, 2.75) is 46.1 Å². The Kier molecular flexibility index (Phi) is 5.39. The van der Waals surface area contributed by atoms with Gasteiger partial charge in [-0.05, 0) is 36.5 Å². The van der Waals surface area contributed by atoms with Crippen LogP contribution in [0, 0.1) is 5.92 Å². The number of aromatic nitrogens is 1. The molecule has 0 bridgehead atoms. The van der Waals surface area contributed by atoms with Gasteiger partial charge in [-0.25, -0.2) is 4.98 Å². The van der Waals surface area contributed by atoms with Crippen molar-refractivity contribution in [1.82, 2.24) is 9.88 Å². The van der Waals surface area contributed by atoms with Gasteiger partial charge in [-0.15, -0.1) is 0 Å². The predicted molar refractivity (Wildman–Crippen MR) is 81.4 cm³/mol. The number of hydrogen-bond acceptors (Lipinski definition) is 3. The van der Waals surface area contributed by atoms with E-state index < -0.39 is 0 Å². The number of rotatable bonds is 7. The van der Waals surface area contributed by atoms with Crippen LogP contribution < -0.4 is 5.32 Å². The van der Waals surface area contributed by atoms with E-state index in [4.69, 9.17) is 0 Å². The lowest BCUT2D eigenvalue weighted by Gasteiger charge is -2.17. The van der Waals surface area contributed by atoms with Crippen molar-refractivity contribution >= 4 is 11.7 Å². The lowest BCUT2D eigenvalue weighted by molar-refractivity contribution is -0.128. The molecule has 0 saturated carbocycles. The quantitative estimate of drug-likeness (QED) is 0.832. The molecule has 1 atom stereocenters. The van der Waals surface area contributed by atoms with Gasteiger partial charge in [0.25, 0.3) is 0 Å². The van der Waals surface area contributed by atoms with Crippen molar-refractivity contribution in [1.29, 1.82) is 0 Å². The summed E-state index contributed by atoms with van der Waals surface area (Å²) in [6.07, 6.45) is 5.93. The van der Waals surface area contributed by atoms with Crippen molar-refractivity contribution < 1.29 is 4.79 Å². The first kappa shape index (κ1) is 14.8. The molecule has 1 unspecified atom stereocenters. The van der Waals surface area contributed by atoms with Crippen LogP contribution in [0.15, 0.2) is 18.3 Å². The molecule has 2 rings (SSSR count). The molecule has 1 aliphatic rings. The van der Waals surface area contributed by atoms with Crippen molar-refractivity contribution in [3.63, 3.8) is 0 Å². The fourth-order valence-corrected chi connectivity index (χ4v) is 2.75. The Morgan fingerprint density at radius 1 is 1.40 bits per heavy atom. The molecular formula is C16H25N3O. The van der Waals surface area contributed by atoms with Crippen molar-refractivity contribution in [3.8, 4) is 0 Å². The minimum atomic E-state index is 0.295. The van der Waals surface area contributed by atoms with E-state index in [9.17, 15) is 4.79 Å². The van der Waals surface area contributed by atoms with E-state index in [2.05, 4.69) is 30.2 Å². The first-order chi connectivity index (χ1) is 9.72. The molecule has 0 aromatic carbocycles. The zero-order valence-electron chi connectivity index (χ0n) is 12.6. The lowest BCUT2D eigenvalue weighted by Crippen LogP contribution is -2.24. The summed E-state index contributed by atoms with van der Waals surface area (Å²) in [7, 11) is 0. The molecule has 1 fully saturated rings. The van der Waals surface area contributed by atoms with Crippen LogP contribution in [0.25, 0.3) is 0 Å². The molecule has 0 radical (unpaired) electrons. The fourth-order valence-electron chi connectivity index (χ4n) is 2.75. The van der Waals surface area contributed by atoms with E-state index in [1.165, 1.54) is 0 Å². The molecule has 1 saturated heterocycles. The molecule has 1 aliphatic heterocycles. The molecule has 1 N–H and O–H groups in total. The van der Waals surface area contributed by atoms with E-state index in [0.29, 0.717) is 18.4 Å². The maximum Gasteiger partial charge on any atom is 0.223 e. The van der Waals surface area contributed by atoms with Gasteiger partial charge in [0.05, 0.1) is 0 Å². The van der Waals surface area contributed by atoms with Crippen molar-refractivity contribution in [2.24, 2.45) is 5.92 Å². The van der Waals surface area contributed by atoms with E-state index >= 15 is 0 Å². The smallest absolute Gasteiger partial charge is 0.223 e. The normalized spacial score (nSPS) is 18.6. The summed E-state index contributed by atoms with van der Waals surface area (Å²) >= 11 is 0. The van der Waals surface area contributed by atoms with Gasteiger partial charge in [-0.2, -0.15) is 0 Å². The zero-order chi connectivity index (χ0) is 14.4. The summed E-state index contributed by atoms with van der Waals surface area (Å²) in [5.74, 6) is 1.75. The van der Waals surface area contributed by atoms with Gasteiger partial charge in [-0.3, -0.25) is 4.79 Å². The Bertz CT molecular complexity index is 447. The minimum Gasteiger partial charge on any atom is -0.370 e. The number of amides is 1. The highest BCUT2D eigenvalue weighted by Crippen LogP contribution is 2.24. The number of carbonyl (C=O) groups is 1. The van der Waals surface area contributed by atoms with Crippen LogP contribution in [0.2, 0.25) is 0 Å². The van der Waals surface area contributed by atoms with E-state index in [1.54, 1.807) is 0 Å². The lowest BCUT2D eigenvalue weighted by atomic mass is 10.0. The summed E-state index contributed by atoms with van der Waals surface area (Å²) in [6, 6.07) is 4.05. The van der Waals surface area contributed by atoms with Crippen LogP contribution in [-0.4, -0.2) is 28.9 Å². The van der Waals surface area contributed by atoms with E-state index in [1.807, 2.05) is 17.2 Å². The number of likely N-dealkylation sites (tertiary alicyclic amines) is 1. The predicted octanol–water partition coefficient (Wildman–Crippen LogP) is 3.05. The Hall–Kier alpha value is -1.58. The second kappa shape index (κ2) is 7.27. The van der Waals surface area contributed by atoms with Crippen LogP contribution in [-0.2, 0) is 11.3 Å². The highest BCUT2D eigenvalue weighted by molar-refractivity contribution is 5.78. The Labute approximate surface area is 121 Å². The average molecular weight is 275 g/mol. The Morgan fingerprint density at radius 3 is 3.00 bits per heavy atom. The van der Waals surface area contributed by atoms with E-state index in [-0.39, 0.29) is 0 Å². The van der Waals surface area contributed by atoms with Crippen molar-refractivity contribution in [2.75, 3.05) is 18.4 Å². The number of hydrogen-bond donors (Lipinski definition) is 1. The third-order valence-electron chi connectivity index (χ3n) is 3.75. The molecule has 1 aromatic heterocycles. The van der Waals surface area contributed by atoms with Gasteiger partial charge in [0.15, 0.2) is 0 Å². The first-order valence-corrected chi connectivity index (χ1v) is 7.69. The molecule has 110 valence electrons. The van der Waals surface area contributed by atoms with Crippen molar-refractivity contribution in [3.05, 3.63) is 23.9 Å². The van der Waals surface area contributed by atoms with Crippen LogP contribution in [0.4, 0.5) is 5.82 Å². The Balaban J connectivity index is 1.94. The van der Waals surface area contributed by atoms with Crippen LogP contribution in [0.3, 0.4) is 0 Å². The average Bonchev–Trinajstić information content (AvgIpc) is 2.77. The van der Waals surface area contributed by atoms with Crippen LogP contribution in [0.1, 0.15) is 45.1 Å². The SMILES string of the molecule is CCCNc1cc(CN2CC(CCC)CC2=O)ccn1. The molecule has 1 aromatic rings. The summed E-state index contributed by atoms with van der Waals surface area (Å²) < 4.78 is 0. The second-order valence-electron chi connectivity index (χ2n) is 5.61. The minimum absolute atomic E-state index is 0.295. The molecular weight excluding hydrogens is 250 g/mol. The van der Waals surface area contributed by atoms with Gasteiger partial charge < -0.3 is 10.2 Å². The Morgan fingerprint density at radius 2 is 2.25 bits per heavy atom. The number of nitrogens with one attached hydrogen (secondary N) is 1. The zero-order valence-corrected chi connectivity index (χ0v) is 12.6. The molecule has 4 heteroatoms. The second-order valence-corrected chi connectivity index (χ2v) is 5.61. The van der Waals surface area contributed by atoms with Gasteiger partial charge in [0.2, 0.25) is 5.91 Å². The monoisotopic (exact) mass is 275 g/mol. The number of pyridine rings is 1. The highest BCUT2D eigenvalue weighted by Gasteiger charge is 2.28. The topological polar surface area (TPSA) is 45.2 Å². The molecule has 0 aliphatic carbocycles. The summed E-state index contributed by atoms with van der Waals surface area (Å²) in [5.41, 5.74) is 1.16. The van der Waals surface area contributed by atoms with Gasteiger partial charge in [0.1, 0.15) is 5.82 Å². The standard InChI is InChI=1S/C16H25N3O/c1-3-5-13-10-16(20)19(11-13)12-14-6-8-18-15(9-14)17-7-4-2/h6,8-9,13H,3-5,7,10-12H2,1-2H3,(H,17,18). The summed E-state index contributed by atoms with van der Waals surface area (Å²) in [5, 5.41) is 3.29. The molecule has 0 spiro atoms. The molecule has 20 heavy (non-hydrogen) atoms. The third-order valence-corrected chi connectivity index (χ3v) is 3.75. The maximum absolute atomic E-state index is 12.0. The van der Waals surface area contributed by atoms with Crippen LogP contribution in [0.5, 0.6) is 0 Å². The van der Waals surface area contributed by atoms with Gasteiger partial charge >= 0.3 is 0 Å². The number of carbonyl (C=O) groups excluding carboxylic acids is 1. The van der Waals surface area contributed by atoms with Gasteiger partial charge in [-0.1, -0.05) is 20.3 Å².